The molecule has 1 aromatic rings. The molecule has 19 heavy (non-hydrogen) atoms. The Balaban J connectivity index is 2.32. The zero-order valence-electron chi connectivity index (χ0n) is 12.1. The van der Waals surface area contributed by atoms with E-state index in [1.807, 2.05) is 6.07 Å². The molecule has 0 saturated heterocycles. The summed E-state index contributed by atoms with van der Waals surface area (Å²) in [6, 6.07) is 6.94. The van der Waals surface area contributed by atoms with Crippen molar-refractivity contribution in [1.82, 2.24) is 0 Å². The maximum atomic E-state index is 5.90. The Morgan fingerprint density at radius 3 is 2.63 bits per heavy atom. The zero-order chi connectivity index (χ0) is 14.0. The van der Waals surface area contributed by atoms with Gasteiger partial charge in [-0.05, 0) is 43.7 Å². The fourth-order valence-corrected chi connectivity index (χ4v) is 2.66. The molecule has 104 valence electrons. The number of hydrogen-bond acceptors (Lipinski definition) is 2. The van der Waals surface area contributed by atoms with Gasteiger partial charge in [0.25, 0.3) is 0 Å². The average Bonchev–Trinajstić information content (AvgIpc) is 3.14. The lowest BCUT2D eigenvalue weighted by Crippen LogP contribution is -2.31. The number of nitrogens with zero attached hydrogens (tertiary/aromatic N) is 1. The maximum Gasteiger partial charge on any atom is 0.106 e. The fraction of sp³-hybridized carbons (Fsp3) is 0.562. The monoisotopic (exact) mass is 276 g/mol. The van der Waals surface area contributed by atoms with E-state index in [0.717, 1.165) is 18.0 Å². The standard InChI is InChI=1S/C16H24N2S/c1-11(2)9-10-18(13-7-8-13)15-12(3)5-4-6-14(15)16(17)19/h4-6,11,13H,7-10H2,1-3H3,(H2,17,19). The predicted octanol–water partition coefficient (Wildman–Crippen LogP) is 3.64. The highest BCUT2D eigenvalue weighted by atomic mass is 32.1. The Bertz CT molecular complexity index is 464. The van der Waals surface area contributed by atoms with Crippen LogP contribution in [-0.4, -0.2) is 17.6 Å². The molecule has 1 aromatic carbocycles. The Kier molecular flexibility index (Phi) is 4.46. The van der Waals surface area contributed by atoms with Crippen molar-refractivity contribution in [3.63, 3.8) is 0 Å². The number of benzene rings is 1. The summed E-state index contributed by atoms with van der Waals surface area (Å²) in [6.45, 7) is 7.81. The predicted molar refractivity (Wildman–Crippen MR) is 86.9 cm³/mol. The lowest BCUT2D eigenvalue weighted by molar-refractivity contribution is 0.570. The van der Waals surface area contributed by atoms with Gasteiger partial charge in [-0.15, -0.1) is 0 Å². The van der Waals surface area contributed by atoms with E-state index in [1.54, 1.807) is 0 Å². The summed E-state index contributed by atoms with van der Waals surface area (Å²) >= 11 is 5.22. The topological polar surface area (TPSA) is 29.3 Å². The van der Waals surface area contributed by atoms with E-state index in [0.29, 0.717) is 11.0 Å². The van der Waals surface area contributed by atoms with Gasteiger partial charge in [0.1, 0.15) is 4.99 Å². The van der Waals surface area contributed by atoms with Gasteiger partial charge < -0.3 is 10.6 Å². The Hall–Kier alpha value is -1.09. The van der Waals surface area contributed by atoms with Crippen LogP contribution in [0.1, 0.15) is 44.2 Å². The highest BCUT2D eigenvalue weighted by Crippen LogP contribution is 2.36. The summed E-state index contributed by atoms with van der Waals surface area (Å²) in [7, 11) is 0. The van der Waals surface area contributed by atoms with Gasteiger partial charge in [-0.3, -0.25) is 0 Å². The first-order chi connectivity index (χ1) is 9.00. The van der Waals surface area contributed by atoms with Crippen LogP contribution in [0.4, 0.5) is 5.69 Å². The summed E-state index contributed by atoms with van der Waals surface area (Å²) < 4.78 is 0. The van der Waals surface area contributed by atoms with Gasteiger partial charge in [-0.1, -0.05) is 38.2 Å². The SMILES string of the molecule is Cc1cccc(C(N)=S)c1N(CCC(C)C)C1CC1. The summed E-state index contributed by atoms with van der Waals surface area (Å²) in [5.74, 6) is 0.721. The van der Waals surface area contributed by atoms with Crippen molar-refractivity contribution in [2.24, 2.45) is 11.7 Å². The third-order valence-electron chi connectivity index (χ3n) is 3.73. The second kappa shape index (κ2) is 5.91. The van der Waals surface area contributed by atoms with Gasteiger partial charge >= 0.3 is 0 Å². The lowest BCUT2D eigenvalue weighted by Gasteiger charge is -2.29. The first kappa shape index (κ1) is 14.3. The van der Waals surface area contributed by atoms with Crippen molar-refractivity contribution >= 4 is 22.9 Å². The average molecular weight is 276 g/mol. The zero-order valence-corrected chi connectivity index (χ0v) is 13.0. The van der Waals surface area contributed by atoms with Crippen molar-refractivity contribution in [3.8, 4) is 0 Å². The van der Waals surface area contributed by atoms with Crippen molar-refractivity contribution < 1.29 is 0 Å². The van der Waals surface area contributed by atoms with Crippen LogP contribution < -0.4 is 10.6 Å². The number of para-hydroxylation sites is 1. The molecule has 0 aromatic heterocycles. The summed E-state index contributed by atoms with van der Waals surface area (Å²) in [5.41, 5.74) is 9.48. The molecule has 0 aliphatic heterocycles. The van der Waals surface area contributed by atoms with Gasteiger partial charge in [-0.25, -0.2) is 0 Å². The molecular weight excluding hydrogens is 252 g/mol. The number of anilines is 1. The van der Waals surface area contributed by atoms with Gasteiger partial charge in [0, 0.05) is 18.2 Å². The molecule has 0 unspecified atom stereocenters. The van der Waals surface area contributed by atoms with Crippen LogP contribution in [0.2, 0.25) is 0 Å². The third kappa shape index (κ3) is 3.47. The maximum absolute atomic E-state index is 5.90. The largest absolute Gasteiger partial charge is 0.389 e. The van der Waals surface area contributed by atoms with Crippen molar-refractivity contribution in [2.75, 3.05) is 11.4 Å². The van der Waals surface area contributed by atoms with Gasteiger partial charge in [0.2, 0.25) is 0 Å². The first-order valence-electron chi connectivity index (χ1n) is 7.16. The van der Waals surface area contributed by atoms with E-state index >= 15 is 0 Å². The Labute approximate surface area is 122 Å². The minimum Gasteiger partial charge on any atom is -0.389 e. The van der Waals surface area contributed by atoms with Crippen LogP contribution in [0.3, 0.4) is 0 Å². The molecule has 2 nitrogen and oxygen atoms in total. The highest BCUT2D eigenvalue weighted by Gasteiger charge is 2.31. The number of thiocarbonyl (C=S) groups is 1. The number of aryl methyl sites for hydroxylation is 1. The van der Waals surface area contributed by atoms with E-state index in [-0.39, 0.29) is 0 Å². The number of rotatable bonds is 6. The number of nitrogens with two attached hydrogens (primary N) is 1. The minimum absolute atomic E-state index is 0.508. The molecule has 0 spiro atoms. The molecule has 2 N–H and O–H groups in total. The Morgan fingerprint density at radius 1 is 1.42 bits per heavy atom. The molecular formula is C16H24N2S. The molecule has 1 saturated carbocycles. The molecule has 1 aliphatic rings. The molecule has 0 amide bonds. The quantitative estimate of drug-likeness (QED) is 0.804. The van der Waals surface area contributed by atoms with E-state index in [9.17, 15) is 0 Å². The summed E-state index contributed by atoms with van der Waals surface area (Å²) in [5, 5.41) is 0. The molecule has 3 heteroatoms. The smallest absolute Gasteiger partial charge is 0.106 e. The fourth-order valence-electron chi connectivity index (χ4n) is 2.50. The van der Waals surface area contributed by atoms with Crippen LogP contribution in [0.25, 0.3) is 0 Å². The van der Waals surface area contributed by atoms with Gasteiger partial charge in [0.05, 0.1) is 5.69 Å². The molecule has 0 bridgehead atoms. The lowest BCUT2D eigenvalue weighted by atomic mass is 10.0. The van der Waals surface area contributed by atoms with E-state index < -0.39 is 0 Å². The molecule has 0 atom stereocenters. The molecule has 0 radical (unpaired) electrons. The van der Waals surface area contributed by atoms with Gasteiger partial charge in [-0.2, -0.15) is 0 Å². The molecule has 1 fully saturated rings. The summed E-state index contributed by atoms with van der Waals surface area (Å²) in [4.78, 5) is 3.04. The van der Waals surface area contributed by atoms with Crippen molar-refractivity contribution in [1.29, 1.82) is 0 Å². The summed E-state index contributed by atoms with van der Waals surface area (Å²) in [6.07, 6.45) is 3.80. The highest BCUT2D eigenvalue weighted by molar-refractivity contribution is 7.80. The van der Waals surface area contributed by atoms with E-state index in [4.69, 9.17) is 18.0 Å². The first-order valence-corrected chi connectivity index (χ1v) is 7.57. The third-order valence-corrected chi connectivity index (χ3v) is 3.95. The Morgan fingerprint density at radius 2 is 2.11 bits per heavy atom. The van der Waals surface area contributed by atoms with Crippen molar-refractivity contribution in [2.45, 2.75) is 46.1 Å². The molecule has 0 heterocycles. The van der Waals surface area contributed by atoms with E-state index in [2.05, 4.69) is 37.8 Å². The van der Waals surface area contributed by atoms with Crippen LogP contribution in [0, 0.1) is 12.8 Å². The number of hydrogen-bond donors (Lipinski definition) is 1. The van der Waals surface area contributed by atoms with Crippen molar-refractivity contribution in [3.05, 3.63) is 29.3 Å². The van der Waals surface area contributed by atoms with Crippen LogP contribution in [0.15, 0.2) is 18.2 Å². The van der Waals surface area contributed by atoms with Crippen LogP contribution >= 0.6 is 12.2 Å². The second-order valence-corrected chi connectivity index (χ2v) is 6.38. The van der Waals surface area contributed by atoms with Crippen LogP contribution in [-0.2, 0) is 0 Å². The van der Waals surface area contributed by atoms with Gasteiger partial charge in [0.15, 0.2) is 0 Å². The second-order valence-electron chi connectivity index (χ2n) is 5.94. The normalized spacial score (nSPS) is 14.7. The molecule has 1 aliphatic carbocycles. The van der Waals surface area contributed by atoms with E-state index in [1.165, 1.54) is 30.5 Å². The minimum atomic E-state index is 0.508. The molecule has 2 rings (SSSR count). The van der Waals surface area contributed by atoms with Crippen LogP contribution in [0.5, 0.6) is 0 Å².